The van der Waals surface area contributed by atoms with Crippen molar-refractivity contribution in [1.29, 1.82) is 0 Å². The third-order valence-corrected chi connectivity index (χ3v) is 6.38. The Bertz CT molecular complexity index is 648. The predicted molar refractivity (Wildman–Crippen MR) is 87.5 cm³/mol. The second-order valence-electron chi connectivity index (χ2n) is 6.19. The van der Waals surface area contributed by atoms with Gasteiger partial charge in [0.2, 0.25) is 0 Å². The number of nitrogens with zero attached hydrogens (tertiary/aromatic N) is 4. The van der Waals surface area contributed by atoms with Crippen LogP contribution >= 0.6 is 0 Å². The minimum atomic E-state index is -3.04. The highest BCUT2D eigenvalue weighted by Crippen LogP contribution is 2.23. The molecule has 0 bridgehead atoms. The average Bonchev–Trinajstić information content (AvgIpc) is 2.84. The lowest BCUT2D eigenvalue weighted by Crippen LogP contribution is -2.57. The normalized spacial score (nSPS) is 20.9. The van der Waals surface area contributed by atoms with Crippen LogP contribution < -0.4 is 5.32 Å². The summed E-state index contributed by atoms with van der Waals surface area (Å²) in [5.74, 6) is 0.923. The standard InChI is InChI=1S/C14H25N5O2S/c1-5-15-13(16-8-12-9-17-18(4)10-12)19-6-7-22(20,21)14(2,3)11-19/h9-10H,5-8,11H2,1-4H3,(H,15,16). The number of aliphatic imine (C=N–C) groups is 1. The maximum absolute atomic E-state index is 12.1. The molecule has 1 N–H and O–H groups in total. The van der Waals surface area contributed by atoms with E-state index in [4.69, 9.17) is 0 Å². The number of hydrogen-bond acceptors (Lipinski definition) is 4. The molecule has 0 atom stereocenters. The Morgan fingerprint density at radius 3 is 2.77 bits per heavy atom. The molecule has 2 rings (SSSR count). The first-order valence-corrected chi connectivity index (χ1v) is 9.13. The van der Waals surface area contributed by atoms with E-state index in [1.165, 1.54) is 0 Å². The van der Waals surface area contributed by atoms with Crippen LogP contribution in [0.15, 0.2) is 17.4 Å². The summed E-state index contributed by atoms with van der Waals surface area (Å²) >= 11 is 0. The van der Waals surface area contributed by atoms with Crippen molar-refractivity contribution in [3.63, 3.8) is 0 Å². The van der Waals surface area contributed by atoms with E-state index in [1.807, 2.05) is 25.1 Å². The van der Waals surface area contributed by atoms with Gasteiger partial charge in [0.1, 0.15) is 0 Å². The number of rotatable bonds is 3. The first kappa shape index (κ1) is 16.8. The van der Waals surface area contributed by atoms with Gasteiger partial charge in [-0.25, -0.2) is 13.4 Å². The second kappa shape index (κ2) is 6.28. The minimum absolute atomic E-state index is 0.164. The van der Waals surface area contributed by atoms with Crippen LogP contribution in [0.2, 0.25) is 0 Å². The van der Waals surface area contributed by atoms with E-state index < -0.39 is 14.6 Å². The van der Waals surface area contributed by atoms with Crippen molar-refractivity contribution in [3.05, 3.63) is 18.0 Å². The Labute approximate surface area is 132 Å². The largest absolute Gasteiger partial charge is 0.357 e. The lowest BCUT2D eigenvalue weighted by molar-refractivity contribution is 0.353. The number of sulfone groups is 1. The number of hydrogen-bond donors (Lipinski definition) is 1. The van der Waals surface area contributed by atoms with Gasteiger partial charge in [0.15, 0.2) is 15.8 Å². The number of aromatic nitrogens is 2. The second-order valence-corrected chi connectivity index (χ2v) is 8.94. The fraction of sp³-hybridized carbons (Fsp3) is 0.714. The van der Waals surface area contributed by atoms with Crippen molar-refractivity contribution in [3.8, 4) is 0 Å². The van der Waals surface area contributed by atoms with Crippen molar-refractivity contribution in [2.75, 3.05) is 25.4 Å². The summed E-state index contributed by atoms with van der Waals surface area (Å²) in [5, 5.41) is 7.38. The average molecular weight is 327 g/mol. The van der Waals surface area contributed by atoms with Crippen molar-refractivity contribution in [1.82, 2.24) is 20.0 Å². The summed E-state index contributed by atoms with van der Waals surface area (Å²) in [6.45, 7) is 7.76. The summed E-state index contributed by atoms with van der Waals surface area (Å²) in [6.07, 6.45) is 3.72. The van der Waals surface area contributed by atoms with Crippen LogP contribution in [0.5, 0.6) is 0 Å². The van der Waals surface area contributed by atoms with Crippen LogP contribution in [-0.4, -0.2) is 59.2 Å². The van der Waals surface area contributed by atoms with Crippen LogP contribution in [0.25, 0.3) is 0 Å². The molecule has 124 valence electrons. The lowest BCUT2D eigenvalue weighted by atomic mass is 10.2. The van der Waals surface area contributed by atoms with Gasteiger partial charge in [0.05, 0.1) is 23.2 Å². The van der Waals surface area contributed by atoms with Gasteiger partial charge in [-0.15, -0.1) is 0 Å². The van der Waals surface area contributed by atoms with E-state index in [9.17, 15) is 8.42 Å². The molecule has 0 amide bonds. The van der Waals surface area contributed by atoms with Crippen molar-refractivity contribution < 1.29 is 8.42 Å². The third kappa shape index (κ3) is 3.60. The highest BCUT2D eigenvalue weighted by Gasteiger charge is 2.40. The molecule has 0 radical (unpaired) electrons. The van der Waals surface area contributed by atoms with E-state index in [0.717, 1.165) is 18.1 Å². The molecule has 0 spiro atoms. The molecule has 0 aromatic carbocycles. The van der Waals surface area contributed by atoms with Crippen LogP contribution in [0.1, 0.15) is 26.3 Å². The Morgan fingerprint density at radius 1 is 1.50 bits per heavy atom. The van der Waals surface area contributed by atoms with Crippen molar-refractivity contribution >= 4 is 15.8 Å². The Balaban J connectivity index is 2.14. The summed E-state index contributed by atoms with van der Waals surface area (Å²) in [6, 6.07) is 0. The Kier molecular flexibility index (Phi) is 4.79. The van der Waals surface area contributed by atoms with Crippen molar-refractivity contribution in [2.24, 2.45) is 12.0 Å². The molecular formula is C14H25N5O2S. The molecule has 0 aliphatic carbocycles. The lowest BCUT2D eigenvalue weighted by Gasteiger charge is -2.39. The summed E-state index contributed by atoms with van der Waals surface area (Å²) in [4.78, 5) is 6.65. The molecule has 1 aromatic rings. The molecule has 1 saturated heterocycles. The molecule has 7 nitrogen and oxygen atoms in total. The number of aryl methyl sites for hydroxylation is 1. The zero-order valence-electron chi connectivity index (χ0n) is 13.7. The molecule has 1 aromatic heterocycles. The van der Waals surface area contributed by atoms with E-state index in [-0.39, 0.29) is 5.75 Å². The van der Waals surface area contributed by atoms with Gasteiger partial charge >= 0.3 is 0 Å². The molecule has 8 heteroatoms. The van der Waals surface area contributed by atoms with E-state index in [0.29, 0.717) is 19.6 Å². The van der Waals surface area contributed by atoms with Gasteiger partial charge in [-0.3, -0.25) is 4.68 Å². The summed E-state index contributed by atoms with van der Waals surface area (Å²) in [5.41, 5.74) is 1.03. The first-order valence-electron chi connectivity index (χ1n) is 7.48. The Morgan fingerprint density at radius 2 is 2.23 bits per heavy atom. The number of nitrogens with one attached hydrogen (secondary N) is 1. The van der Waals surface area contributed by atoms with Gasteiger partial charge < -0.3 is 10.2 Å². The van der Waals surface area contributed by atoms with Crippen LogP contribution in [0.4, 0.5) is 0 Å². The van der Waals surface area contributed by atoms with Gasteiger partial charge in [-0.2, -0.15) is 5.10 Å². The molecule has 22 heavy (non-hydrogen) atoms. The molecule has 2 heterocycles. The van der Waals surface area contributed by atoms with Crippen LogP contribution in [0.3, 0.4) is 0 Å². The predicted octanol–water partition coefficient (Wildman–Crippen LogP) is 0.395. The van der Waals surface area contributed by atoms with Gasteiger partial charge in [0.25, 0.3) is 0 Å². The minimum Gasteiger partial charge on any atom is -0.357 e. The quantitative estimate of drug-likeness (QED) is 0.642. The van der Waals surface area contributed by atoms with Gasteiger partial charge in [0, 0.05) is 38.4 Å². The zero-order valence-corrected chi connectivity index (χ0v) is 14.5. The monoisotopic (exact) mass is 327 g/mol. The summed E-state index contributed by atoms with van der Waals surface area (Å²) < 4.78 is 25.2. The highest BCUT2D eigenvalue weighted by atomic mass is 32.2. The molecule has 0 saturated carbocycles. The summed E-state index contributed by atoms with van der Waals surface area (Å²) in [7, 11) is -1.17. The van der Waals surface area contributed by atoms with Crippen LogP contribution in [0, 0.1) is 0 Å². The molecule has 0 unspecified atom stereocenters. The van der Waals surface area contributed by atoms with Gasteiger partial charge in [-0.1, -0.05) is 0 Å². The van der Waals surface area contributed by atoms with Crippen molar-refractivity contribution in [2.45, 2.75) is 32.1 Å². The topological polar surface area (TPSA) is 79.6 Å². The molecule has 1 aliphatic rings. The fourth-order valence-corrected chi connectivity index (χ4v) is 3.84. The van der Waals surface area contributed by atoms with Crippen LogP contribution in [-0.2, 0) is 23.4 Å². The maximum Gasteiger partial charge on any atom is 0.194 e. The third-order valence-electron chi connectivity index (χ3n) is 3.85. The number of guanidine groups is 1. The SMILES string of the molecule is CCNC(=NCc1cnn(C)c1)N1CCS(=O)(=O)C(C)(C)C1. The van der Waals surface area contributed by atoms with E-state index in [2.05, 4.69) is 15.4 Å². The molecular weight excluding hydrogens is 302 g/mol. The van der Waals surface area contributed by atoms with Gasteiger partial charge in [-0.05, 0) is 20.8 Å². The zero-order chi connectivity index (χ0) is 16.4. The smallest absolute Gasteiger partial charge is 0.194 e. The maximum atomic E-state index is 12.1. The van der Waals surface area contributed by atoms with E-state index >= 15 is 0 Å². The molecule has 1 aliphatic heterocycles. The first-order chi connectivity index (χ1) is 10.2. The van der Waals surface area contributed by atoms with E-state index in [1.54, 1.807) is 24.7 Å². The Hall–Kier alpha value is -1.57. The fourth-order valence-electron chi connectivity index (χ4n) is 2.47. The highest BCUT2D eigenvalue weighted by molar-refractivity contribution is 7.92. The molecule has 1 fully saturated rings.